The van der Waals surface area contributed by atoms with E-state index in [4.69, 9.17) is 9.84 Å². The number of hydrazine groups is 1. The van der Waals surface area contributed by atoms with Crippen LogP contribution in [-0.4, -0.2) is 57.7 Å². The van der Waals surface area contributed by atoms with E-state index >= 15 is 0 Å². The fraction of sp³-hybridized carbons (Fsp3) is 0.727. The third kappa shape index (κ3) is 8.46. The van der Waals surface area contributed by atoms with Crippen molar-refractivity contribution in [2.45, 2.75) is 58.8 Å². The summed E-state index contributed by atoms with van der Waals surface area (Å²) in [4.78, 5) is 26.6. The summed E-state index contributed by atoms with van der Waals surface area (Å²) < 4.78 is 29.0. The zero-order valence-electron chi connectivity index (χ0n) is 20.0. The number of ether oxygens (including phenoxy) is 1. The second kappa shape index (κ2) is 12.1. The number of hydrogen-bond acceptors (Lipinski definition) is 8. The fourth-order valence-corrected chi connectivity index (χ4v) is 6.84. The van der Waals surface area contributed by atoms with E-state index in [0.717, 1.165) is 9.75 Å². The minimum Gasteiger partial charge on any atom is -0.469 e. The van der Waals surface area contributed by atoms with Gasteiger partial charge in [-0.15, -0.1) is 11.3 Å². The van der Waals surface area contributed by atoms with Crippen molar-refractivity contribution < 1.29 is 27.9 Å². The van der Waals surface area contributed by atoms with Crippen molar-refractivity contribution in [1.29, 1.82) is 0 Å². The first-order valence-corrected chi connectivity index (χ1v) is 13.4. The van der Waals surface area contributed by atoms with Crippen LogP contribution in [0.15, 0.2) is 12.1 Å². The number of carbonyl (C=O) groups is 2. The molecule has 0 aliphatic rings. The number of thiophene rings is 1. The number of carbonyl (C=O) groups excluding carboxylic acids is 2. The topological polar surface area (TPSA) is 122 Å². The van der Waals surface area contributed by atoms with Crippen LogP contribution in [0.5, 0.6) is 0 Å². The molecule has 0 bridgehead atoms. The number of amides is 1. The summed E-state index contributed by atoms with van der Waals surface area (Å²) in [6.07, 6.45) is 2.35. The van der Waals surface area contributed by atoms with Gasteiger partial charge >= 0.3 is 5.97 Å². The molecular formula is C22H38N2O6S2. The van der Waals surface area contributed by atoms with E-state index < -0.39 is 20.7 Å². The maximum atomic E-state index is 13.0. The molecule has 1 heterocycles. The summed E-state index contributed by atoms with van der Waals surface area (Å²) >= 11 is 1.50. The summed E-state index contributed by atoms with van der Waals surface area (Å²) in [7, 11) is -0.325. The third-order valence-electron chi connectivity index (χ3n) is 5.60. The predicted octanol–water partition coefficient (Wildman–Crippen LogP) is 2.21. The Morgan fingerprint density at radius 3 is 2.44 bits per heavy atom. The second-order valence-corrected chi connectivity index (χ2v) is 12.6. The van der Waals surface area contributed by atoms with E-state index in [1.54, 1.807) is 7.05 Å². The van der Waals surface area contributed by atoms with Crippen molar-refractivity contribution in [1.82, 2.24) is 10.9 Å². The smallest absolute Gasteiger partial charge is 0.308 e. The van der Waals surface area contributed by atoms with Gasteiger partial charge in [0.1, 0.15) is 0 Å². The van der Waals surface area contributed by atoms with Gasteiger partial charge in [0.15, 0.2) is 9.84 Å². The molecule has 0 aliphatic heterocycles. The Hall–Kier alpha value is -1.49. The fourth-order valence-electron chi connectivity index (χ4n) is 3.77. The molecule has 0 saturated heterocycles. The number of rotatable bonds is 14. The van der Waals surface area contributed by atoms with Gasteiger partial charge in [0, 0.05) is 16.8 Å². The molecule has 10 heteroatoms. The van der Waals surface area contributed by atoms with Crippen molar-refractivity contribution in [3.05, 3.63) is 21.9 Å². The molecule has 3 N–H and O–H groups in total. The Bertz CT molecular complexity index is 866. The molecule has 0 aromatic carbocycles. The van der Waals surface area contributed by atoms with E-state index in [2.05, 4.69) is 10.9 Å². The van der Waals surface area contributed by atoms with Crippen molar-refractivity contribution in [2.24, 2.45) is 11.3 Å². The highest BCUT2D eigenvalue weighted by Crippen LogP contribution is 2.37. The second-order valence-electron chi connectivity index (χ2n) is 9.26. The van der Waals surface area contributed by atoms with E-state index in [-0.39, 0.29) is 35.9 Å². The minimum absolute atomic E-state index is 0.00540. The van der Waals surface area contributed by atoms with Crippen LogP contribution < -0.4 is 10.9 Å². The number of aliphatic hydroxyl groups is 1. The molecule has 1 amide bonds. The van der Waals surface area contributed by atoms with Gasteiger partial charge in [0.25, 0.3) is 0 Å². The van der Waals surface area contributed by atoms with Crippen LogP contribution in [0.4, 0.5) is 0 Å². The van der Waals surface area contributed by atoms with Crippen LogP contribution >= 0.6 is 11.3 Å². The first-order valence-electron chi connectivity index (χ1n) is 10.8. The van der Waals surface area contributed by atoms with Crippen LogP contribution in [0.25, 0.3) is 0 Å². The van der Waals surface area contributed by atoms with Gasteiger partial charge in [-0.05, 0) is 43.7 Å². The standard InChI is InChI=1S/C22H38N2O6S2/c1-16(19(26)30-6)14-17-8-9-18(31-17)22(4,20(27)24-23-5)11-7-10-21(2,3)15-32(28,29)13-12-25/h8-9,16,23,25H,7,10-15H2,1-6H3,(H,24,27)/t16-,22?/m1/s1. The summed E-state index contributed by atoms with van der Waals surface area (Å²) in [6, 6.07) is 3.87. The lowest BCUT2D eigenvalue weighted by Crippen LogP contribution is -2.46. The zero-order chi connectivity index (χ0) is 24.6. The summed E-state index contributed by atoms with van der Waals surface area (Å²) in [6.45, 7) is 7.10. The molecule has 1 rings (SSSR count). The molecule has 0 saturated carbocycles. The molecule has 184 valence electrons. The Morgan fingerprint density at radius 1 is 1.22 bits per heavy atom. The van der Waals surface area contributed by atoms with Gasteiger partial charge in [-0.3, -0.25) is 15.0 Å². The van der Waals surface area contributed by atoms with Crippen molar-refractivity contribution in [2.75, 3.05) is 32.3 Å². The molecule has 2 atom stereocenters. The molecule has 0 radical (unpaired) electrons. The summed E-state index contributed by atoms with van der Waals surface area (Å²) in [5, 5.41) is 8.97. The lowest BCUT2D eigenvalue weighted by Gasteiger charge is -2.30. The number of sulfone groups is 1. The highest BCUT2D eigenvalue weighted by Gasteiger charge is 2.37. The summed E-state index contributed by atoms with van der Waals surface area (Å²) in [5.74, 6) is -0.949. The molecule has 0 fully saturated rings. The van der Waals surface area contributed by atoms with Gasteiger partial charge in [-0.25, -0.2) is 13.8 Å². The Balaban J connectivity index is 2.96. The highest BCUT2D eigenvalue weighted by atomic mass is 32.2. The Labute approximate surface area is 196 Å². The van der Waals surface area contributed by atoms with Gasteiger partial charge in [-0.1, -0.05) is 27.2 Å². The first kappa shape index (κ1) is 28.5. The average Bonchev–Trinajstić information content (AvgIpc) is 3.15. The monoisotopic (exact) mass is 490 g/mol. The maximum absolute atomic E-state index is 13.0. The van der Waals surface area contributed by atoms with Crippen molar-refractivity contribution >= 4 is 33.1 Å². The summed E-state index contributed by atoms with van der Waals surface area (Å²) in [5.41, 5.74) is 4.11. The number of esters is 1. The Morgan fingerprint density at radius 2 is 1.88 bits per heavy atom. The number of nitrogens with one attached hydrogen (secondary N) is 2. The van der Waals surface area contributed by atoms with Gasteiger partial charge in [0.2, 0.25) is 5.91 Å². The molecule has 1 unspecified atom stereocenters. The molecule has 1 aromatic heterocycles. The van der Waals surface area contributed by atoms with E-state index in [0.29, 0.717) is 25.7 Å². The number of aliphatic hydroxyl groups excluding tert-OH is 1. The molecule has 1 aromatic rings. The zero-order valence-corrected chi connectivity index (χ0v) is 21.6. The Kier molecular flexibility index (Phi) is 10.8. The van der Waals surface area contributed by atoms with Gasteiger partial charge in [0.05, 0.1) is 36.6 Å². The molecular weight excluding hydrogens is 452 g/mol. The highest BCUT2D eigenvalue weighted by molar-refractivity contribution is 7.91. The molecule has 8 nitrogen and oxygen atoms in total. The van der Waals surface area contributed by atoms with Crippen molar-refractivity contribution in [3.63, 3.8) is 0 Å². The van der Waals surface area contributed by atoms with Crippen molar-refractivity contribution in [3.8, 4) is 0 Å². The molecule has 0 spiro atoms. The lowest BCUT2D eigenvalue weighted by molar-refractivity contribution is -0.144. The van der Waals surface area contributed by atoms with E-state index in [9.17, 15) is 18.0 Å². The molecule has 32 heavy (non-hydrogen) atoms. The van der Waals surface area contributed by atoms with Crippen LogP contribution in [0.2, 0.25) is 0 Å². The third-order valence-corrected chi connectivity index (χ3v) is 9.00. The maximum Gasteiger partial charge on any atom is 0.308 e. The van der Waals surface area contributed by atoms with Crippen LogP contribution in [0.3, 0.4) is 0 Å². The average molecular weight is 491 g/mol. The number of methoxy groups -OCH3 is 1. The van der Waals surface area contributed by atoms with E-state index in [1.807, 2.05) is 39.8 Å². The SMILES string of the molecule is CNNC(=O)C(C)(CCCC(C)(C)CS(=O)(=O)CCO)c1ccc(C[C@@H](C)C(=O)OC)s1. The quantitative estimate of drug-likeness (QED) is 0.270. The van der Waals surface area contributed by atoms with E-state index in [1.165, 1.54) is 18.4 Å². The first-order chi connectivity index (χ1) is 14.8. The largest absolute Gasteiger partial charge is 0.469 e. The van der Waals surface area contributed by atoms with Gasteiger partial charge in [-0.2, -0.15) is 0 Å². The van der Waals surface area contributed by atoms with Crippen LogP contribution in [0.1, 0.15) is 56.7 Å². The predicted molar refractivity (Wildman–Crippen MR) is 127 cm³/mol. The van der Waals surface area contributed by atoms with Gasteiger partial charge < -0.3 is 9.84 Å². The normalized spacial score (nSPS) is 15.1. The van der Waals surface area contributed by atoms with Crippen LogP contribution in [-0.2, 0) is 36.0 Å². The lowest BCUT2D eigenvalue weighted by atomic mass is 9.79. The van der Waals surface area contributed by atoms with Crippen LogP contribution in [0, 0.1) is 11.3 Å². The minimum atomic E-state index is -3.32. The number of hydrogen-bond donors (Lipinski definition) is 3. The molecule has 0 aliphatic carbocycles.